The van der Waals surface area contributed by atoms with Gasteiger partial charge in [-0.05, 0) is 56.1 Å². The van der Waals surface area contributed by atoms with E-state index in [0.29, 0.717) is 17.0 Å². The van der Waals surface area contributed by atoms with Crippen LogP contribution in [-0.4, -0.2) is 9.97 Å². The van der Waals surface area contributed by atoms with Crippen LogP contribution >= 0.6 is 0 Å². The lowest BCUT2D eigenvalue weighted by Crippen LogP contribution is -2.13. The second-order valence-electron chi connectivity index (χ2n) is 7.60. The van der Waals surface area contributed by atoms with Gasteiger partial charge in [-0.25, -0.2) is 0 Å². The number of benzene rings is 4. The summed E-state index contributed by atoms with van der Waals surface area (Å²) in [5, 5.41) is 16.6. The molecule has 4 aromatic carbocycles. The number of hydrogen-bond donors (Lipinski definition) is 1. The monoisotopic (exact) mass is 397 g/mol. The molecule has 4 heteroatoms. The van der Waals surface area contributed by atoms with E-state index in [2.05, 4.69) is 64.6 Å². The Morgan fingerprint density at radius 2 is 1.52 bits per heavy atom. The van der Waals surface area contributed by atoms with E-state index < -0.39 is 5.56 Å². The zero-order valence-electron chi connectivity index (χ0n) is 16.4. The van der Waals surface area contributed by atoms with Crippen molar-refractivity contribution in [3.8, 4) is 28.6 Å². The van der Waals surface area contributed by atoms with E-state index in [1.165, 1.54) is 16.2 Å². The second-order valence-corrected chi connectivity index (χ2v) is 7.60. The summed E-state index contributed by atoms with van der Waals surface area (Å²) in [6.45, 7) is 0. The Labute approximate surface area is 177 Å². The van der Waals surface area contributed by atoms with E-state index in [1.807, 2.05) is 30.3 Å². The standard InChI is InChI=1S/C27H15N3O/c28-15-22-21(14-24(30-27(22)31)23-6-1-2-13-29-23)19-11-9-18-8-7-16-4-3-5-17-10-12-20(19)26(18)25(16)17/h1-14H,(H,30,31). The Morgan fingerprint density at radius 1 is 0.774 bits per heavy atom. The first kappa shape index (κ1) is 17.4. The van der Waals surface area contributed by atoms with E-state index in [9.17, 15) is 10.1 Å². The zero-order chi connectivity index (χ0) is 20.9. The third kappa shape index (κ3) is 2.54. The van der Waals surface area contributed by atoms with E-state index in [4.69, 9.17) is 0 Å². The van der Waals surface area contributed by atoms with Gasteiger partial charge in [-0.1, -0.05) is 60.7 Å². The SMILES string of the molecule is N#Cc1c(-c2ccc3ccc4cccc5ccc2c3c45)cc(-c2ccccn2)[nH]c1=O. The highest BCUT2D eigenvalue weighted by Crippen LogP contribution is 2.40. The molecule has 0 saturated heterocycles. The maximum absolute atomic E-state index is 12.8. The summed E-state index contributed by atoms with van der Waals surface area (Å²) < 4.78 is 0. The molecule has 0 aliphatic rings. The predicted octanol–water partition coefficient (Wildman–Crippen LogP) is 5.87. The van der Waals surface area contributed by atoms with Gasteiger partial charge in [0.25, 0.3) is 5.56 Å². The molecule has 0 bridgehead atoms. The lowest BCUT2D eigenvalue weighted by molar-refractivity contribution is 1.19. The molecule has 0 aliphatic carbocycles. The molecule has 0 saturated carbocycles. The molecular weight excluding hydrogens is 382 g/mol. The summed E-state index contributed by atoms with van der Waals surface area (Å²) in [7, 11) is 0. The zero-order valence-corrected chi connectivity index (χ0v) is 16.4. The van der Waals surface area contributed by atoms with Gasteiger partial charge in [0, 0.05) is 11.8 Å². The van der Waals surface area contributed by atoms with Crippen LogP contribution in [0.15, 0.2) is 89.9 Å². The molecule has 0 radical (unpaired) electrons. The minimum atomic E-state index is -0.411. The Kier molecular flexibility index (Phi) is 3.65. The first-order valence-electron chi connectivity index (χ1n) is 10.0. The quantitative estimate of drug-likeness (QED) is 0.371. The van der Waals surface area contributed by atoms with Gasteiger partial charge in [0.15, 0.2) is 0 Å². The van der Waals surface area contributed by atoms with E-state index >= 15 is 0 Å². The summed E-state index contributed by atoms with van der Waals surface area (Å²) >= 11 is 0. The number of nitriles is 1. The van der Waals surface area contributed by atoms with Crippen LogP contribution in [0.5, 0.6) is 0 Å². The molecule has 4 nitrogen and oxygen atoms in total. The minimum absolute atomic E-state index is 0.106. The van der Waals surface area contributed by atoms with Gasteiger partial charge >= 0.3 is 0 Å². The van der Waals surface area contributed by atoms with Crippen molar-refractivity contribution in [1.29, 1.82) is 5.26 Å². The van der Waals surface area contributed by atoms with Gasteiger partial charge in [0.2, 0.25) is 0 Å². The molecule has 0 unspecified atom stereocenters. The topological polar surface area (TPSA) is 69.5 Å². The van der Waals surface area contributed by atoms with Crippen LogP contribution in [0.3, 0.4) is 0 Å². The molecule has 0 amide bonds. The largest absolute Gasteiger partial charge is 0.319 e. The number of aromatic nitrogens is 2. The number of rotatable bonds is 2. The van der Waals surface area contributed by atoms with Gasteiger partial charge in [-0.15, -0.1) is 0 Å². The number of nitrogens with zero attached hydrogens (tertiary/aromatic N) is 2. The van der Waals surface area contributed by atoms with Crippen molar-refractivity contribution in [2.75, 3.05) is 0 Å². The maximum atomic E-state index is 12.8. The van der Waals surface area contributed by atoms with Crippen LogP contribution in [0, 0.1) is 11.3 Å². The van der Waals surface area contributed by atoms with E-state index in [1.54, 1.807) is 6.20 Å². The van der Waals surface area contributed by atoms with Crippen molar-refractivity contribution in [2.45, 2.75) is 0 Å². The van der Waals surface area contributed by atoms with Crippen LogP contribution in [0.1, 0.15) is 5.56 Å². The molecule has 1 N–H and O–H groups in total. The first-order valence-corrected chi connectivity index (χ1v) is 10.0. The predicted molar refractivity (Wildman–Crippen MR) is 124 cm³/mol. The first-order chi connectivity index (χ1) is 15.2. The van der Waals surface area contributed by atoms with E-state index in [0.717, 1.165) is 21.7 Å². The normalized spacial score (nSPS) is 11.3. The summed E-state index contributed by atoms with van der Waals surface area (Å²) in [6.07, 6.45) is 1.68. The van der Waals surface area contributed by atoms with Crippen molar-refractivity contribution >= 4 is 32.3 Å². The Balaban J connectivity index is 1.74. The lowest BCUT2D eigenvalue weighted by atomic mass is 9.89. The number of hydrogen-bond acceptors (Lipinski definition) is 3. The molecule has 2 heterocycles. The van der Waals surface area contributed by atoms with E-state index in [-0.39, 0.29) is 5.56 Å². The fraction of sp³-hybridized carbons (Fsp3) is 0. The van der Waals surface area contributed by atoms with Crippen LogP contribution in [0.25, 0.3) is 54.8 Å². The average Bonchev–Trinajstić information content (AvgIpc) is 2.82. The van der Waals surface area contributed by atoms with Crippen LogP contribution in [0.4, 0.5) is 0 Å². The highest BCUT2D eigenvalue weighted by Gasteiger charge is 2.17. The molecule has 0 aliphatic heterocycles. The number of aromatic amines is 1. The van der Waals surface area contributed by atoms with Gasteiger partial charge < -0.3 is 4.98 Å². The number of H-pyrrole nitrogens is 1. The summed E-state index contributed by atoms with van der Waals surface area (Å²) in [5.41, 5.74) is 2.42. The highest BCUT2D eigenvalue weighted by atomic mass is 16.1. The number of pyridine rings is 2. The maximum Gasteiger partial charge on any atom is 0.267 e. The van der Waals surface area contributed by atoms with Gasteiger partial charge in [0.05, 0.1) is 11.4 Å². The van der Waals surface area contributed by atoms with Crippen molar-refractivity contribution in [3.05, 3.63) is 101 Å². The van der Waals surface area contributed by atoms with Crippen molar-refractivity contribution in [3.63, 3.8) is 0 Å². The lowest BCUT2D eigenvalue weighted by Gasteiger charge is -2.15. The van der Waals surface area contributed by atoms with Crippen LogP contribution in [-0.2, 0) is 0 Å². The molecule has 31 heavy (non-hydrogen) atoms. The van der Waals surface area contributed by atoms with Crippen molar-refractivity contribution in [1.82, 2.24) is 9.97 Å². The van der Waals surface area contributed by atoms with Gasteiger partial charge in [-0.2, -0.15) is 5.26 Å². The molecule has 2 aromatic heterocycles. The molecular formula is C27H15N3O. The highest BCUT2D eigenvalue weighted by molar-refractivity contribution is 6.25. The number of nitrogens with one attached hydrogen (secondary N) is 1. The Bertz CT molecular complexity index is 1690. The van der Waals surface area contributed by atoms with Gasteiger partial charge in [0.1, 0.15) is 11.6 Å². The second kappa shape index (κ2) is 6.51. The minimum Gasteiger partial charge on any atom is -0.319 e. The third-order valence-corrected chi connectivity index (χ3v) is 5.90. The molecule has 0 fully saturated rings. The van der Waals surface area contributed by atoms with Gasteiger partial charge in [-0.3, -0.25) is 9.78 Å². The van der Waals surface area contributed by atoms with Crippen LogP contribution in [0.2, 0.25) is 0 Å². The molecule has 144 valence electrons. The summed E-state index contributed by atoms with van der Waals surface area (Å²) in [6, 6.07) is 28.3. The smallest absolute Gasteiger partial charge is 0.267 e. The van der Waals surface area contributed by atoms with Crippen molar-refractivity contribution < 1.29 is 0 Å². The molecule has 6 aromatic rings. The fourth-order valence-corrected chi connectivity index (χ4v) is 4.51. The van der Waals surface area contributed by atoms with Crippen LogP contribution < -0.4 is 5.56 Å². The van der Waals surface area contributed by atoms with Crippen molar-refractivity contribution in [2.24, 2.45) is 0 Å². The Morgan fingerprint density at radius 3 is 2.26 bits per heavy atom. The molecule has 0 atom stereocenters. The average molecular weight is 397 g/mol. The molecule has 6 rings (SSSR count). The molecule has 0 spiro atoms. The fourth-order valence-electron chi connectivity index (χ4n) is 4.51. The summed E-state index contributed by atoms with van der Waals surface area (Å²) in [5.74, 6) is 0. The summed E-state index contributed by atoms with van der Waals surface area (Å²) in [4.78, 5) is 20.0. The Hall–Kier alpha value is -4.49. The third-order valence-electron chi connectivity index (χ3n) is 5.90.